The Bertz CT molecular complexity index is 605. The predicted molar refractivity (Wildman–Crippen MR) is 80.1 cm³/mol. The lowest BCUT2D eigenvalue weighted by Gasteiger charge is -2.11. The van der Waals surface area contributed by atoms with E-state index < -0.39 is 5.97 Å². The Labute approximate surface area is 124 Å². The standard InChI is InChI=1S/C13H11Cl2NO2S/c1-7-6-19-10(5-11(17)18)12(7)16-13-8(14)3-2-4-9(13)15/h2-4,6,16H,5H2,1H3,(H,17,18). The van der Waals surface area contributed by atoms with E-state index in [1.807, 2.05) is 12.3 Å². The maximum Gasteiger partial charge on any atom is 0.308 e. The van der Waals surface area contributed by atoms with Gasteiger partial charge in [-0.1, -0.05) is 29.3 Å². The molecule has 0 fully saturated rings. The average molecular weight is 316 g/mol. The topological polar surface area (TPSA) is 49.3 Å². The number of halogens is 2. The third-order valence-corrected chi connectivity index (χ3v) is 4.31. The summed E-state index contributed by atoms with van der Waals surface area (Å²) in [6, 6.07) is 5.22. The van der Waals surface area contributed by atoms with Crippen LogP contribution in [0.15, 0.2) is 23.6 Å². The van der Waals surface area contributed by atoms with Gasteiger partial charge in [0.1, 0.15) is 0 Å². The fourth-order valence-electron chi connectivity index (χ4n) is 1.68. The largest absolute Gasteiger partial charge is 0.481 e. The Morgan fingerprint density at radius 1 is 1.32 bits per heavy atom. The lowest BCUT2D eigenvalue weighted by molar-refractivity contribution is -0.136. The van der Waals surface area contributed by atoms with Crippen molar-refractivity contribution in [1.29, 1.82) is 0 Å². The molecule has 0 bridgehead atoms. The highest BCUT2D eigenvalue weighted by Gasteiger charge is 2.14. The van der Waals surface area contributed by atoms with Crippen molar-refractivity contribution in [2.45, 2.75) is 13.3 Å². The van der Waals surface area contributed by atoms with Gasteiger partial charge in [0.15, 0.2) is 0 Å². The molecule has 0 spiro atoms. The molecule has 100 valence electrons. The summed E-state index contributed by atoms with van der Waals surface area (Å²) < 4.78 is 0. The number of hydrogen-bond donors (Lipinski definition) is 2. The fourth-order valence-corrected chi connectivity index (χ4v) is 3.14. The Hall–Kier alpha value is -1.23. The molecule has 0 atom stereocenters. The van der Waals surface area contributed by atoms with Gasteiger partial charge in [-0.3, -0.25) is 4.79 Å². The van der Waals surface area contributed by atoms with Gasteiger partial charge in [-0.2, -0.15) is 0 Å². The van der Waals surface area contributed by atoms with Gasteiger partial charge in [0.2, 0.25) is 0 Å². The maximum absolute atomic E-state index is 10.8. The van der Waals surface area contributed by atoms with Crippen LogP contribution in [0.1, 0.15) is 10.4 Å². The molecule has 2 aromatic rings. The first-order valence-electron chi connectivity index (χ1n) is 5.49. The lowest BCUT2D eigenvalue weighted by Crippen LogP contribution is -2.02. The number of rotatable bonds is 4. The van der Waals surface area contributed by atoms with Gasteiger partial charge in [-0.15, -0.1) is 11.3 Å². The molecular formula is C13H11Cl2NO2S. The number of anilines is 2. The van der Waals surface area contributed by atoms with E-state index in [9.17, 15) is 4.79 Å². The van der Waals surface area contributed by atoms with Crippen molar-refractivity contribution in [2.24, 2.45) is 0 Å². The minimum atomic E-state index is -0.866. The number of nitrogens with one attached hydrogen (secondary N) is 1. The number of carbonyl (C=O) groups is 1. The van der Waals surface area contributed by atoms with Gasteiger partial charge >= 0.3 is 5.97 Å². The van der Waals surface area contributed by atoms with E-state index in [2.05, 4.69) is 5.32 Å². The summed E-state index contributed by atoms with van der Waals surface area (Å²) in [5, 5.41) is 15.0. The predicted octanol–water partition coefficient (Wildman–Crippen LogP) is 4.73. The second kappa shape index (κ2) is 5.82. The Morgan fingerprint density at radius 2 is 1.95 bits per heavy atom. The third kappa shape index (κ3) is 3.21. The molecule has 1 aromatic heterocycles. The molecular weight excluding hydrogens is 305 g/mol. The quantitative estimate of drug-likeness (QED) is 0.857. The first kappa shape index (κ1) is 14.2. The first-order valence-corrected chi connectivity index (χ1v) is 7.12. The SMILES string of the molecule is Cc1csc(CC(=O)O)c1Nc1c(Cl)cccc1Cl. The number of hydrogen-bond acceptors (Lipinski definition) is 3. The van der Waals surface area contributed by atoms with Gasteiger partial charge < -0.3 is 10.4 Å². The second-order valence-electron chi connectivity index (χ2n) is 4.01. The molecule has 0 aliphatic rings. The summed E-state index contributed by atoms with van der Waals surface area (Å²) in [7, 11) is 0. The van der Waals surface area contributed by atoms with Crippen molar-refractivity contribution >= 4 is 51.9 Å². The Balaban J connectivity index is 2.38. The van der Waals surface area contributed by atoms with Crippen molar-refractivity contribution in [2.75, 3.05) is 5.32 Å². The molecule has 1 aromatic carbocycles. The van der Waals surface area contributed by atoms with E-state index >= 15 is 0 Å². The summed E-state index contributed by atoms with van der Waals surface area (Å²) in [5.41, 5.74) is 2.33. The van der Waals surface area contributed by atoms with Crippen LogP contribution in [-0.2, 0) is 11.2 Å². The highest BCUT2D eigenvalue weighted by Crippen LogP contribution is 2.37. The van der Waals surface area contributed by atoms with Crippen molar-refractivity contribution in [3.63, 3.8) is 0 Å². The van der Waals surface area contributed by atoms with Crippen molar-refractivity contribution in [3.8, 4) is 0 Å². The zero-order chi connectivity index (χ0) is 14.0. The van der Waals surface area contributed by atoms with Crippen LogP contribution in [0.4, 0.5) is 11.4 Å². The summed E-state index contributed by atoms with van der Waals surface area (Å²) in [6.07, 6.45) is -0.0249. The van der Waals surface area contributed by atoms with Crippen molar-refractivity contribution in [1.82, 2.24) is 0 Å². The summed E-state index contributed by atoms with van der Waals surface area (Å²) >= 11 is 13.6. The van der Waals surface area contributed by atoms with E-state index in [0.717, 1.165) is 16.1 Å². The highest BCUT2D eigenvalue weighted by molar-refractivity contribution is 7.10. The average Bonchev–Trinajstić information content (AvgIpc) is 2.65. The van der Waals surface area contributed by atoms with Crippen molar-refractivity contribution < 1.29 is 9.90 Å². The van der Waals surface area contributed by atoms with Crippen LogP contribution in [0.2, 0.25) is 10.0 Å². The molecule has 0 saturated heterocycles. The zero-order valence-electron chi connectivity index (χ0n) is 10.0. The summed E-state index contributed by atoms with van der Waals surface area (Å²) in [6.45, 7) is 1.91. The van der Waals surface area contributed by atoms with Gasteiger partial charge in [0.25, 0.3) is 0 Å². The normalized spacial score (nSPS) is 10.5. The van der Waals surface area contributed by atoms with Crippen LogP contribution in [0.25, 0.3) is 0 Å². The van der Waals surface area contributed by atoms with E-state index in [0.29, 0.717) is 15.7 Å². The minimum Gasteiger partial charge on any atom is -0.481 e. The number of thiophene rings is 1. The van der Waals surface area contributed by atoms with Gasteiger partial charge in [-0.25, -0.2) is 0 Å². The smallest absolute Gasteiger partial charge is 0.308 e. The number of carboxylic acids is 1. The summed E-state index contributed by atoms with van der Waals surface area (Å²) in [5.74, 6) is -0.866. The van der Waals surface area contributed by atoms with Gasteiger partial charge in [0.05, 0.1) is 27.8 Å². The van der Waals surface area contributed by atoms with Gasteiger partial charge in [0, 0.05) is 4.88 Å². The number of aliphatic carboxylic acids is 1. The summed E-state index contributed by atoms with van der Waals surface area (Å²) in [4.78, 5) is 11.6. The number of aryl methyl sites for hydroxylation is 1. The minimum absolute atomic E-state index is 0.0249. The molecule has 3 nitrogen and oxygen atoms in total. The molecule has 0 unspecified atom stereocenters. The Morgan fingerprint density at radius 3 is 2.53 bits per heavy atom. The molecule has 0 aliphatic heterocycles. The lowest BCUT2D eigenvalue weighted by atomic mass is 10.2. The van der Waals surface area contributed by atoms with E-state index in [1.165, 1.54) is 11.3 Å². The molecule has 0 amide bonds. The van der Waals surface area contributed by atoms with E-state index in [-0.39, 0.29) is 6.42 Å². The Kier molecular flexibility index (Phi) is 4.34. The van der Waals surface area contributed by atoms with E-state index in [4.69, 9.17) is 28.3 Å². The molecule has 0 radical (unpaired) electrons. The van der Waals surface area contributed by atoms with Crippen LogP contribution in [0.3, 0.4) is 0 Å². The molecule has 19 heavy (non-hydrogen) atoms. The molecule has 2 rings (SSSR count). The number of carboxylic acid groups (broad SMARTS) is 1. The fraction of sp³-hybridized carbons (Fsp3) is 0.154. The molecule has 0 aliphatic carbocycles. The number of benzene rings is 1. The molecule has 2 N–H and O–H groups in total. The highest BCUT2D eigenvalue weighted by atomic mass is 35.5. The monoisotopic (exact) mass is 315 g/mol. The molecule has 6 heteroatoms. The van der Waals surface area contributed by atoms with Crippen molar-refractivity contribution in [3.05, 3.63) is 44.1 Å². The maximum atomic E-state index is 10.8. The van der Waals surface area contributed by atoms with Crippen LogP contribution >= 0.6 is 34.5 Å². The third-order valence-electron chi connectivity index (χ3n) is 2.58. The second-order valence-corrected chi connectivity index (χ2v) is 5.79. The first-order chi connectivity index (χ1) is 8.99. The number of para-hydroxylation sites is 1. The van der Waals surface area contributed by atoms with Gasteiger partial charge in [-0.05, 0) is 30.0 Å². The molecule has 1 heterocycles. The zero-order valence-corrected chi connectivity index (χ0v) is 12.4. The van der Waals surface area contributed by atoms with Crippen LogP contribution < -0.4 is 5.32 Å². The molecule has 0 saturated carbocycles. The van der Waals surface area contributed by atoms with Crippen LogP contribution in [-0.4, -0.2) is 11.1 Å². The van der Waals surface area contributed by atoms with Crippen LogP contribution in [0, 0.1) is 6.92 Å². The van der Waals surface area contributed by atoms with E-state index in [1.54, 1.807) is 18.2 Å². The van der Waals surface area contributed by atoms with Crippen LogP contribution in [0.5, 0.6) is 0 Å².